The van der Waals surface area contributed by atoms with Crippen LogP contribution in [0.3, 0.4) is 0 Å². The Labute approximate surface area is 50.0 Å². The molecule has 0 aromatic rings. The van der Waals surface area contributed by atoms with E-state index in [0.29, 0.717) is 12.0 Å². The molecule has 2 atom stereocenters. The van der Waals surface area contributed by atoms with E-state index in [1.54, 1.807) is 0 Å². The molecule has 1 saturated heterocycles. The molecule has 1 aliphatic rings. The summed E-state index contributed by atoms with van der Waals surface area (Å²) in [5.74, 6) is 0.620. The normalized spacial score (nSPS) is 33.0. The van der Waals surface area contributed by atoms with E-state index < -0.39 is 0 Å². The zero-order valence-electron chi connectivity index (χ0n) is 5.26. The molecule has 1 heterocycles. The van der Waals surface area contributed by atoms with E-state index in [2.05, 4.69) is 0 Å². The summed E-state index contributed by atoms with van der Waals surface area (Å²) in [6.45, 7) is 3.82. The minimum atomic E-state index is 0.317. The van der Waals surface area contributed by atoms with Gasteiger partial charge in [-0.05, 0) is 19.3 Å². The summed E-state index contributed by atoms with van der Waals surface area (Å²) < 4.78 is 5.14. The van der Waals surface area contributed by atoms with Gasteiger partial charge in [-0.15, -0.1) is 0 Å². The summed E-state index contributed by atoms with van der Waals surface area (Å²) in [6.07, 6.45) is 1.15. The first-order valence-corrected chi connectivity index (χ1v) is 3.14. The van der Waals surface area contributed by atoms with Gasteiger partial charge in [0.05, 0.1) is 6.61 Å². The van der Waals surface area contributed by atoms with Crippen molar-refractivity contribution >= 4 is 0 Å². The van der Waals surface area contributed by atoms with Crippen LogP contribution in [0.25, 0.3) is 0 Å². The molecule has 0 radical (unpaired) electrons. The van der Waals surface area contributed by atoms with Crippen molar-refractivity contribution in [1.29, 1.82) is 0 Å². The number of ether oxygens (including phenoxy) is 1. The standard InChI is InChI=1S/C6H13NO/c1-5(7)6-2-3-8-4-6/h5-6H,2-4,7H2,1H3/t5-,6-/m0/s1. The van der Waals surface area contributed by atoms with Crippen molar-refractivity contribution in [2.45, 2.75) is 19.4 Å². The van der Waals surface area contributed by atoms with Gasteiger partial charge >= 0.3 is 0 Å². The van der Waals surface area contributed by atoms with E-state index in [0.717, 1.165) is 19.6 Å². The van der Waals surface area contributed by atoms with Gasteiger partial charge in [-0.2, -0.15) is 0 Å². The maximum absolute atomic E-state index is 5.62. The Hall–Kier alpha value is -0.0800. The van der Waals surface area contributed by atoms with Gasteiger partial charge in [0.15, 0.2) is 0 Å². The molecule has 0 saturated carbocycles. The summed E-state index contributed by atoms with van der Waals surface area (Å²) in [4.78, 5) is 0. The summed E-state index contributed by atoms with van der Waals surface area (Å²) in [5, 5.41) is 0. The highest BCUT2D eigenvalue weighted by atomic mass is 16.5. The van der Waals surface area contributed by atoms with Crippen LogP contribution in [0.15, 0.2) is 0 Å². The van der Waals surface area contributed by atoms with Gasteiger partial charge < -0.3 is 10.5 Å². The summed E-state index contributed by atoms with van der Waals surface area (Å²) in [6, 6.07) is 0.317. The third kappa shape index (κ3) is 1.20. The van der Waals surface area contributed by atoms with Crippen LogP contribution in [0.1, 0.15) is 13.3 Å². The molecule has 1 aliphatic heterocycles. The average molecular weight is 115 g/mol. The summed E-state index contributed by atoms with van der Waals surface area (Å²) in [5.41, 5.74) is 5.62. The molecule has 0 unspecified atom stereocenters. The molecule has 2 N–H and O–H groups in total. The van der Waals surface area contributed by atoms with Crippen LogP contribution in [0.5, 0.6) is 0 Å². The first-order valence-electron chi connectivity index (χ1n) is 3.14. The highest BCUT2D eigenvalue weighted by molar-refractivity contribution is 4.71. The largest absolute Gasteiger partial charge is 0.381 e. The predicted octanol–water partition coefficient (Wildman–Crippen LogP) is 0.370. The maximum Gasteiger partial charge on any atom is 0.0509 e. The van der Waals surface area contributed by atoms with Gasteiger partial charge in [0.1, 0.15) is 0 Å². The fraction of sp³-hybridized carbons (Fsp3) is 1.00. The van der Waals surface area contributed by atoms with Crippen molar-refractivity contribution in [3.05, 3.63) is 0 Å². The van der Waals surface area contributed by atoms with E-state index in [4.69, 9.17) is 10.5 Å². The predicted molar refractivity (Wildman–Crippen MR) is 32.6 cm³/mol. The zero-order valence-corrected chi connectivity index (χ0v) is 5.26. The molecule has 0 aliphatic carbocycles. The Morgan fingerprint density at radius 2 is 2.50 bits per heavy atom. The quantitative estimate of drug-likeness (QED) is 0.536. The number of hydrogen-bond acceptors (Lipinski definition) is 2. The van der Waals surface area contributed by atoms with Crippen molar-refractivity contribution in [2.75, 3.05) is 13.2 Å². The lowest BCUT2D eigenvalue weighted by Crippen LogP contribution is -2.26. The van der Waals surface area contributed by atoms with Crippen molar-refractivity contribution in [3.8, 4) is 0 Å². The summed E-state index contributed by atoms with van der Waals surface area (Å²) >= 11 is 0. The average Bonchev–Trinajstić information content (AvgIpc) is 2.12. The Morgan fingerprint density at radius 3 is 2.75 bits per heavy atom. The Bertz CT molecular complexity index is 66.9. The third-order valence-corrected chi connectivity index (χ3v) is 1.71. The molecule has 0 amide bonds. The fourth-order valence-corrected chi connectivity index (χ4v) is 0.967. The first-order chi connectivity index (χ1) is 3.80. The van der Waals surface area contributed by atoms with Crippen LogP contribution in [0, 0.1) is 5.92 Å². The molecule has 48 valence electrons. The molecule has 2 heteroatoms. The molecule has 1 fully saturated rings. The lowest BCUT2D eigenvalue weighted by Gasteiger charge is -2.09. The van der Waals surface area contributed by atoms with Gasteiger partial charge in [-0.1, -0.05) is 0 Å². The minimum absolute atomic E-state index is 0.317. The van der Waals surface area contributed by atoms with E-state index in [-0.39, 0.29) is 0 Å². The van der Waals surface area contributed by atoms with Crippen molar-refractivity contribution in [2.24, 2.45) is 11.7 Å². The van der Waals surface area contributed by atoms with Gasteiger partial charge in [-0.25, -0.2) is 0 Å². The lowest BCUT2D eigenvalue weighted by atomic mass is 10.0. The molecule has 0 aromatic carbocycles. The number of hydrogen-bond donors (Lipinski definition) is 1. The van der Waals surface area contributed by atoms with Crippen LogP contribution in [0.4, 0.5) is 0 Å². The Kier molecular flexibility index (Phi) is 1.86. The van der Waals surface area contributed by atoms with Crippen LogP contribution in [-0.2, 0) is 4.74 Å². The molecule has 1 rings (SSSR count). The second kappa shape index (κ2) is 2.46. The molecule has 0 bridgehead atoms. The zero-order chi connectivity index (χ0) is 5.98. The van der Waals surface area contributed by atoms with Crippen LogP contribution in [-0.4, -0.2) is 19.3 Å². The van der Waals surface area contributed by atoms with Crippen LogP contribution < -0.4 is 5.73 Å². The van der Waals surface area contributed by atoms with Gasteiger partial charge in [0.2, 0.25) is 0 Å². The minimum Gasteiger partial charge on any atom is -0.381 e. The Balaban J connectivity index is 2.24. The molecule has 0 spiro atoms. The van der Waals surface area contributed by atoms with E-state index in [9.17, 15) is 0 Å². The fourth-order valence-electron chi connectivity index (χ4n) is 0.967. The van der Waals surface area contributed by atoms with Crippen molar-refractivity contribution in [3.63, 3.8) is 0 Å². The maximum atomic E-state index is 5.62. The number of rotatable bonds is 1. The van der Waals surface area contributed by atoms with Crippen molar-refractivity contribution in [1.82, 2.24) is 0 Å². The first kappa shape index (κ1) is 6.05. The highest BCUT2D eigenvalue weighted by Gasteiger charge is 2.18. The van der Waals surface area contributed by atoms with Gasteiger partial charge in [0.25, 0.3) is 0 Å². The Morgan fingerprint density at radius 1 is 1.75 bits per heavy atom. The molecule has 8 heavy (non-hydrogen) atoms. The second-order valence-corrected chi connectivity index (χ2v) is 2.48. The van der Waals surface area contributed by atoms with E-state index in [1.165, 1.54) is 0 Å². The summed E-state index contributed by atoms with van der Waals surface area (Å²) in [7, 11) is 0. The molecular formula is C6H13NO. The molecule has 0 aromatic heterocycles. The van der Waals surface area contributed by atoms with Crippen LogP contribution in [0.2, 0.25) is 0 Å². The van der Waals surface area contributed by atoms with Gasteiger partial charge in [0, 0.05) is 12.6 Å². The second-order valence-electron chi connectivity index (χ2n) is 2.48. The monoisotopic (exact) mass is 115 g/mol. The number of nitrogens with two attached hydrogens (primary N) is 1. The van der Waals surface area contributed by atoms with Crippen molar-refractivity contribution < 1.29 is 4.74 Å². The topological polar surface area (TPSA) is 35.2 Å². The lowest BCUT2D eigenvalue weighted by molar-refractivity contribution is 0.182. The van der Waals surface area contributed by atoms with Gasteiger partial charge in [-0.3, -0.25) is 0 Å². The highest BCUT2D eigenvalue weighted by Crippen LogP contribution is 2.14. The third-order valence-electron chi connectivity index (χ3n) is 1.71. The van der Waals surface area contributed by atoms with E-state index in [1.807, 2.05) is 6.92 Å². The van der Waals surface area contributed by atoms with Crippen LogP contribution >= 0.6 is 0 Å². The molecule has 2 nitrogen and oxygen atoms in total. The smallest absolute Gasteiger partial charge is 0.0509 e. The molecular weight excluding hydrogens is 102 g/mol. The van der Waals surface area contributed by atoms with E-state index >= 15 is 0 Å². The SMILES string of the molecule is C[C@H](N)[C@H]1CCOC1.